The van der Waals surface area contributed by atoms with Crippen molar-refractivity contribution in [1.29, 1.82) is 0 Å². The predicted octanol–water partition coefficient (Wildman–Crippen LogP) is 7.02. The lowest BCUT2D eigenvalue weighted by Gasteiger charge is -2.17. The Labute approximate surface area is 251 Å². The van der Waals surface area contributed by atoms with Crippen molar-refractivity contribution < 1.29 is 14.4 Å². The van der Waals surface area contributed by atoms with Crippen molar-refractivity contribution in [1.82, 2.24) is 10.3 Å². The van der Waals surface area contributed by atoms with Crippen LogP contribution in [0.3, 0.4) is 0 Å². The molecule has 0 bridgehead atoms. The van der Waals surface area contributed by atoms with Gasteiger partial charge in [0.2, 0.25) is 5.91 Å². The molecule has 5 aromatic rings. The van der Waals surface area contributed by atoms with Crippen LogP contribution in [0.1, 0.15) is 26.0 Å². The zero-order valence-corrected chi connectivity index (χ0v) is 23.9. The van der Waals surface area contributed by atoms with Crippen molar-refractivity contribution in [2.45, 2.75) is 10.1 Å². The van der Waals surface area contributed by atoms with Crippen molar-refractivity contribution in [2.24, 2.45) is 0 Å². The van der Waals surface area contributed by atoms with Gasteiger partial charge in [0.25, 0.3) is 11.8 Å². The van der Waals surface area contributed by atoms with Gasteiger partial charge in [-0.15, -0.1) is 23.1 Å². The summed E-state index contributed by atoms with van der Waals surface area (Å²) in [5, 5.41) is 9.96. The van der Waals surface area contributed by atoms with E-state index >= 15 is 0 Å². The van der Waals surface area contributed by atoms with E-state index in [0.717, 1.165) is 15.3 Å². The number of carbonyl (C=O) groups is 3. The van der Waals surface area contributed by atoms with Gasteiger partial charge in [0.15, 0.2) is 0 Å². The van der Waals surface area contributed by atoms with E-state index in [0.29, 0.717) is 16.9 Å². The molecule has 0 radical (unpaired) electrons. The molecule has 2 aromatic heterocycles. The van der Waals surface area contributed by atoms with Crippen LogP contribution in [-0.4, -0.2) is 22.7 Å². The standard InChI is InChI=1S/C33H26N4O3S2/c38-31(24-10-5-2-6-11-24)37-29(22-28-12-7-21-41-28)32(39)35-25-13-15-27(16-14-25)42-30(23-8-3-1-4-9-23)33(40)36-26-17-19-34-20-18-26/h1-22,30H,(H,35,39)(H,37,38)(H,34,36,40)/b29-22-. The highest BCUT2D eigenvalue weighted by Crippen LogP contribution is 2.36. The van der Waals surface area contributed by atoms with Gasteiger partial charge in [-0.3, -0.25) is 19.4 Å². The molecule has 0 aliphatic rings. The van der Waals surface area contributed by atoms with Crippen molar-refractivity contribution in [3.05, 3.63) is 149 Å². The summed E-state index contributed by atoms with van der Waals surface area (Å²) in [4.78, 5) is 45.0. The quantitative estimate of drug-likeness (QED) is 0.120. The lowest BCUT2D eigenvalue weighted by Crippen LogP contribution is -2.30. The number of rotatable bonds is 10. The van der Waals surface area contributed by atoms with Gasteiger partial charge in [-0.1, -0.05) is 54.6 Å². The Kier molecular flexibility index (Phi) is 9.56. The topological polar surface area (TPSA) is 100 Å². The minimum absolute atomic E-state index is 0.127. The number of anilines is 2. The van der Waals surface area contributed by atoms with Crippen molar-refractivity contribution in [3.8, 4) is 0 Å². The Balaban J connectivity index is 1.30. The third kappa shape index (κ3) is 7.81. The molecule has 7 nitrogen and oxygen atoms in total. The van der Waals surface area contributed by atoms with E-state index in [1.165, 1.54) is 23.1 Å². The van der Waals surface area contributed by atoms with Crippen molar-refractivity contribution >= 4 is 58.3 Å². The highest BCUT2D eigenvalue weighted by molar-refractivity contribution is 8.00. The molecule has 1 atom stereocenters. The number of hydrogen-bond acceptors (Lipinski definition) is 6. The number of carbonyl (C=O) groups excluding carboxylic acids is 3. The van der Waals surface area contributed by atoms with E-state index in [9.17, 15) is 14.4 Å². The van der Waals surface area contributed by atoms with Gasteiger partial charge in [-0.25, -0.2) is 0 Å². The number of hydrogen-bond donors (Lipinski definition) is 3. The van der Waals surface area contributed by atoms with Gasteiger partial charge in [-0.05, 0) is 71.6 Å². The molecule has 3 N–H and O–H groups in total. The molecule has 0 fully saturated rings. The average Bonchev–Trinajstić information content (AvgIpc) is 3.55. The number of pyridine rings is 1. The number of amides is 3. The van der Waals surface area contributed by atoms with Crippen LogP contribution in [0.5, 0.6) is 0 Å². The van der Waals surface area contributed by atoms with Crippen molar-refractivity contribution in [3.63, 3.8) is 0 Å². The molecule has 9 heteroatoms. The molecule has 0 spiro atoms. The second-order valence-corrected chi connectivity index (χ2v) is 11.2. The lowest BCUT2D eigenvalue weighted by atomic mass is 10.1. The Bertz CT molecular complexity index is 1660. The van der Waals surface area contributed by atoms with E-state index in [1.807, 2.05) is 66.0 Å². The molecule has 0 saturated heterocycles. The summed E-state index contributed by atoms with van der Waals surface area (Å²) < 4.78 is 0. The summed E-state index contributed by atoms with van der Waals surface area (Å²) in [6.07, 6.45) is 4.90. The van der Waals surface area contributed by atoms with Gasteiger partial charge in [0.05, 0.1) is 0 Å². The first-order chi connectivity index (χ1) is 20.5. The molecule has 1 unspecified atom stereocenters. The Morgan fingerprint density at radius 3 is 2.07 bits per heavy atom. The maximum Gasteiger partial charge on any atom is 0.272 e. The largest absolute Gasteiger partial charge is 0.325 e. The fraction of sp³-hybridized carbons (Fsp3) is 0.0303. The summed E-state index contributed by atoms with van der Waals surface area (Å²) in [7, 11) is 0. The third-order valence-corrected chi connectivity index (χ3v) is 8.10. The first-order valence-corrected chi connectivity index (χ1v) is 14.8. The van der Waals surface area contributed by atoms with Gasteiger partial charge < -0.3 is 16.0 Å². The van der Waals surface area contributed by atoms with Crippen LogP contribution in [0.4, 0.5) is 11.4 Å². The fourth-order valence-electron chi connectivity index (χ4n) is 3.95. The monoisotopic (exact) mass is 590 g/mol. The summed E-state index contributed by atoms with van der Waals surface area (Å²) in [6.45, 7) is 0. The first-order valence-electron chi connectivity index (χ1n) is 13.0. The van der Waals surface area contributed by atoms with E-state index in [4.69, 9.17) is 0 Å². The van der Waals surface area contributed by atoms with Gasteiger partial charge in [-0.2, -0.15) is 0 Å². The molecule has 0 saturated carbocycles. The molecule has 3 aromatic carbocycles. The highest BCUT2D eigenvalue weighted by atomic mass is 32.2. The second-order valence-electron chi connectivity index (χ2n) is 9.01. The lowest BCUT2D eigenvalue weighted by molar-refractivity contribution is -0.116. The molecule has 3 amide bonds. The minimum atomic E-state index is -0.506. The van der Waals surface area contributed by atoms with Crippen LogP contribution in [0.2, 0.25) is 0 Å². The SMILES string of the molecule is O=C(Nc1ccc(SC(C(=O)Nc2ccncc2)c2ccccc2)cc1)/C(=C/c1cccs1)NC(=O)c1ccccc1. The number of thioether (sulfide) groups is 1. The van der Waals surface area contributed by atoms with Crippen LogP contribution in [0, 0.1) is 0 Å². The summed E-state index contributed by atoms with van der Waals surface area (Å²) in [5.41, 5.74) is 2.66. The maximum absolute atomic E-state index is 13.3. The normalized spacial score (nSPS) is 11.8. The van der Waals surface area contributed by atoms with Crippen LogP contribution in [0.25, 0.3) is 6.08 Å². The van der Waals surface area contributed by atoms with Crippen LogP contribution < -0.4 is 16.0 Å². The summed E-state index contributed by atoms with van der Waals surface area (Å²) in [5.74, 6) is -0.989. The number of nitrogens with zero attached hydrogens (tertiary/aromatic N) is 1. The number of benzene rings is 3. The van der Waals surface area contributed by atoms with E-state index in [1.54, 1.807) is 67.0 Å². The number of thiophene rings is 1. The summed E-state index contributed by atoms with van der Waals surface area (Å²) >= 11 is 2.86. The zero-order valence-electron chi connectivity index (χ0n) is 22.3. The Hall–Kier alpha value is -4.99. The predicted molar refractivity (Wildman–Crippen MR) is 169 cm³/mol. The van der Waals surface area contributed by atoms with Crippen LogP contribution in [0.15, 0.2) is 138 Å². The van der Waals surface area contributed by atoms with E-state index in [2.05, 4.69) is 20.9 Å². The summed E-state index contributed by atoms with van der Waals surface area (Å²) in [6, 6.07) is 32.7. The van der Waals surface area contributed by atoms with Gasteiger partial charge >= 0.3 is 0 Å². The molecule has 208 valence electrons. The second kappa shape index (κ2) is 14.1. The highest BCUT2D eigenvalue weighted by Gasteiger charge is 2.22. The Morgan fingerprint density at radius 2 is 1.40 bits per heavy atom. The molecule has 0 aliphatic heterocycles. The Morgan fingerprint density at radius 1 is 0.738 bits per heavy atom. The maximum atomic E-state index is 13.3. The molecule has 2 heterocycles. The smallest absolute Gasteiger partial charge is 0.272 e. The molecule has 42 heavy (non-hydrogen) atoms. The fourth-order valence-corrected chi connectivity index (χ4v) is 5.64. The number of aromatic nitrogens is 1. The van der Waals surface area contributed by atoms with E-state index in [-0.39, 0.29) is 17.5 Å². The van der Waals surface area contributed by atoms with E-state index < -0.39 is 11.2 Å². The third-order valence-electron chi connectivity index (χ3n) is 6.01. The molecular formula is C33H26N4O3S2. The average molecular weight is 591 g/mol. The van der Waals surface area contributed by atoms with Crippen LogP contribution in [-0.2, 0) is 9.59 Å². The minimum Gasteiger partial charge on any atom is -0.325 e. The van der Waals surface area contributed by atoms with Crippen molar-refractivity contribution in [2.75, 3.05) is 10.6 Å². The zero-order chi connectivity index (χ0) is 29.1. The molecular weight excluding hydrogens is 565 g/mol. The molecule has 5 rings (SSSR count). The first kappa shape index (κ1) is 28.5. The van der Waals surface area contributed by atoms with Crippen LogP contribution >= 0.6 is 23.1 Å². The number of nitrogens with one attached hydrogen (secondary N) is 3. The molecule has 0 aliphatic carbocycles. The van der Waals surface area contributed by atoms with Gasteiger partial charge in [0.1, 0.15) is 10.9 Å². The van der Waals surface area contributed by atoms with Gasteiger partial charge in [0, 0.05) is 39.1 Å².